The highest BCUT2D eigenvalue weighted by atomic mass is 16.5. The third-order valence-corrected chi connectivity index (χ3v) is 11.5. The number of carbonyl (C=O) groups excluding carboxylic acids is 1. The number of ether oxygens (including phenoxy) is 1. The standard InChI is InChI=1S/C37H41N9O2/c1-48-30-15-26(37(47)45-20-25-8-9-28(45)32(25)38)13-27-33(30)46(19-22-16-43(17-22)31-10-12-39-34(42-31)23-6-7-23)36(41-27)29-14-24-3-2-11-40-35(24)44(29)18-21-4-5-21/h2-3,10-15,21-23,25,28,32H,4-9,16-20,38H2,1H3/t25-,28-,32-/m1/s1. The summed E-state index contributed by atoms with van der Waals surface area (Å²) < 4.78 is 10.8. The van der Waals surface area contributed by atoms with Gasteiger partial charge in [0.2, 0.25) is 0 Å². The largest absolute Gasteiger partial charge is 0.494 e. The number of benzene rings is 1. The van der Waals surface area contributed by atoms with Crippen molar-refractivity contribution in [1.29, 1.82) is 0 Å². The van der Waals surface area contributed by atoms with E-state index in [0.717, 1.165) is 90.8 Å². The first kappa shape index (κ1) is 28.5. The number of aromatic nitrogens is 6. The summed E-state index contributed by atoms with van der Waals surface area (Å²) in [7, 11) is 1.69. The van der Waals surface area contributed by atoms with Crippen molar-refractivity contribution in [3.63, 3.8) is 0 Å². The molecule has 2 aliphatic heterocycles. The third kappa shape index (κ3) is 4.61. The molecule has 0 spiro atoms. The van der Waals surface area contributed by atoms with Crippen molar-refractivity contribution >= 4 is 33.8 Å². The minimum Gasteiger partial charge on any atom is -0.494 e. The molecule has 48 heavy (non-hydrogen) atoms. The first-order valence-electron chi connectivity index (χ1n) is 17.7. The molecule has 6 heterocycles. The maximum absolute atomic E-state index is 14.0. The van der Waals surface area contributed by atoms with Crippen LogP contribution in [0.4, 0.5) is 5.82 Å². The lowest BCUT2D eigenvalue weighted by Crippen LogP contribution is -2.49. The first-order chi connectivity index (χ1) is 23.5. The van der Waals surface area contributed by atoms with Crippen LogP contribution >= 0.6 is 0 Å². The lowest BCUT2D eigenvalue weighted by molar-refractivity contribution is 0.0700. The zero-order chi connectivity index (χ0) is 32.1. The van der Waals surface area contributed by atoms with Crippen LogP contribution in [-0.2, 0) is 13.1 Å². The molecule has 3 aliphatic carbocycles. The Bertz CT molecular complexity index is 2070. The second-order valence-electron chi connectivity index (χ2n) is 14.9. The molecular formula is C37H41N9O2. The van der Waals surface area contributed by atoms with Gasteiger partial charge in [-0.15, -0.1) is 0 Å². The number of methoxy groups -OCH3 is 1. The van der Waals surface area contributed by atoms with E-state index in [2.05, 4.69) is 31.2 Å². The Balaban J connectivity index is 1.05. The van der Waals surface area contributed by atoms with Crippen molar-refractivity contribution in [3.05, 3.63) is 60.2 Å². The molecule has 10 rings (SSSR count). The van der Waals surface area contributed by atoms with Crippen LogP contribution in [0.5, 0.6) is 5.75 Å². The maximum atomic E-state index is 14.0. The molecule has 0 radical (unpaired) electrons. The third-order valence-electron chi connectivity index (χ3n) is 11.5. The fraction of sp³-hybridized carbons (Fsp3) is 0.486. The Morgan fingerprint density at radius 2 is 1.77 bits per heavy atom. The van der Waals surface area contributed by atoms with Gasteiger partial charge in [0.15, 0.2) is 5.82 Å². The van der Waals surface area contributed by atoms with Gasteiger partial charge in [-0.25, -0.2) is 19.9 Å². The second-order valence-corrected chi connectivity index (χ2v) is 14.9. The van der Waals surface area contributed by atoms with Crippen molar-refractivity contribution < 1.29 is 9.53 Å². The van der Waals surface area contributed by atoms with Crippen LogP contribution in [0.15, 0.2) is 48.8 Å². The highest BCUT2D eigenvalue weighted by Gasteiger charge is 2.47. The summed E-state index contributed by atoms with van der Waals surface area (Å²) >= 11 is 0. The van der Waals surface area contributed by atoms with Gasteiger partial charge in [-0.2, -0.15) is 0 Å². The van der Waals surface area contributed by atoms with Gasteiger partial charge in [0.05, 0.1) is 18.3 Å². The van der Waals surface area contributed by atoms with Crippen LogP contribution in [0.2, 0.25) is 0 Å². The molecular weight excluding hydrogens is 602 g/mol. The van der Waals surface area contributed by atoms with Crippen LogP contribution in [0.1, 0.15) is 60.6 Å². The highest BCUT2D eigenvalue weighted by molar-refractivity contribution is 6.00. The van der Waals surface area contributed by atoms with E-state index < -0.39 is 0 Å². The molecule has 5 aliphatic rings. The molecule has 246 valence electrons. The van der Waals surface area contributed by atoms with Gasteiger partial charge in [0.25, 0.3) is 5.91 Å². The highest BCUT2D eigenvalue weighted by Crippen LogP contribution is 2.42. The zero-order valence-electron chi connectivity index (χ0n) is 27.3. The Labute approximate surface area is 279 Å². The van der Waals surface area contributed by atoms with Gasteiger partial charge < -0.3 is 29.4 Å². The van der Waals surface area contributed by atoms with Gasteiger partial charge in [-0.1, -0.05) is 0 Å². The molecule has 11 nitrogen and oxygen atoms in total. The predicted octanol–water partition coefficient (Wildman–Crippen LogP) is 4.84. The summed E-state index contributed by atoms with van der Waals surface area (Å²) in [5, 5.41) is 1.11. The number of nitrogens with zero attached hydrogens (tertiary/aromatic N) is 8. The van der Waals surface area contributed by atoms with E-state index in [1.807, 2.05) is 41.6 Å². The number of hydrogen-bond acceptors (Lipinski definition) is 8. The maximum Gasteiger partial charge on any atom is 0.254 e. The average molecular weight is 644 g/mol. The van der Waals surface area contributed by atoms with Crippen LogP contribution in [0, 0.1) is 17.8 Å². The second kappa shape index (κ2) is 10.7. The molecule has 1 aromatic carbocycles. The zero-order valence-corrected chi connectivity index (χ0v) is 27.3. The number of likely N-dealkylation sites (tertiary alicyclic amines) is 1. The Hall–Kier alpha value is -4.51. The quantitative estimate of drug-likeness (QED) is 0.243. The number of hydrogen-bond donors (Lipinski definition) is 1. The number of piperidine rings is 1. The first-order valence-corrected chi connectivity index (χ1v) is 17.7. The number of imidazole rings is 1. The van der Waals surface area contributed by atoms with Gasteiger partial charge in [-0.3, -0.25) is 4.79 Å². The van der Waals surface area contributed by atoms with E-state index in [9.17, 15) is 4.79 Å². The van der Waals surface area contributed by atoms with E-state index >= 15 is 0 Å². The molecule has 5 aromatic rings. The van der Waals surface area contributed by atoms with E-state index in [1.54, 1.807) is 7.11 Å². The SMILES string of the molecule is COc1cc(C(=O)N2C[C@H]3CC[C@@H]2[C@@H]3N)cc2nc(-c3cc4cccnc4n3CC3CC3)n(CC3CN(c4ccnc(C5CC5)n4)C3)c12. The van der Waals surface area contributed by atoms with Crippen LogP contribution in [-0.4, -0.2) is 78.7 Å². The lowest BCUT2D eigenvalue weighted by Gasteiger charge is -2.40. The molecule has 0 unspecified atom stereocenters. The number of nitrogens with two attached hydrogens (primary N) is 1. The number of fused-ring (bicyclic) bond motifs is 4. The molecule has 2 saturated heterocycles. The van der Waals surface area contributed by atoms with E-state index in [-0.39, 0.29) is 18.0 Å². The summed E-state index contributed by atoms with van der Waals surface area (Å²) in [6, 6.07) is 12.5. The van der Waals surface area contributed by atoms with E-state index in [0.29, 0.717) is 35.0 Å². The molecule has 4 aromatic heterocycles. The topological polar surface area (TPSA) is 120 Å². The van der Waals surface area contributed by atoms with Crippen LogP contribution in [0.3, 0.4) is 0 Å². The van der Waals surface area contributed by atoms with Crippen molar-refractivity contribution in [2.24, 2.45) is 23.5 Å². The number of rotatable bonds is 9. The van der Waals surface area contributed by atoms with Crippen molar-refractivity contribution in [1.82, 2.24) is 34.0 Å². The number of carbonyl (C=O) groups is 1. The minimum absolute atomic E-state index is 0.0195. The van der Waals surface area contributed by atoms with Crippen LogP contribution < -0.4 is 15.4 Å². The molecule has 2 bridgehead atoms. The predicted molar refractivity (Wildman–Crippen MR) is 183 cm³/mol. The summed E-state index contributed by atoms with van der Waals surface area (Å²) in [5.41, 5.74) is 10.9. The number of pyridine rings is 1. The number of amides is 1. The summed E-state index contributed by atoms with van der Waals surface area (Å²) in [5.74, 6) is 5.56. The summed E-state index contributed by atoms with van der Waals surface area (Å²) in [6.07, 6.45) is 10.7. The van der Waals surface area contributed by atoms with Gasteiger partial charge in [0.1, 0.15) is 28.6 Å². The molecule has 5 fully saturated rings. The molecule has 11 heteroatoms. The lowest BCUT2D eigenvalue weighted by atomic mass is 9.99. The molecule has 3 saturated carbocycles. The molecule has 3 atom stereocenters. The van der Waals surface area contributed by atoms with E-state index in [1.165, 1.54) is 25.7 Å². The van der Waals surface area contributed by atoms with Crippen molar-refractivity contribution in [2.75, 3.05) is 31.6 Å². The summed E-state index contributed by atoms with van der Waals surface area (Å²) in [6.45, 7) is 4.24. The molecule has 1 amide bonds. The smallest absolute Gasteiger partial charge is 0.254 e. The molecule has 2 N–H and O–H groups in total. The van der Waals surface area contributed by atoms with Gasteiger partial charge in [0, 0.05) is 80.0 Å². The van der Waals surface area contributed by atoms with E-state index in [4.69, 9.17) is 25.4 Å². The Kier molecular flexibility index (Phi) is 6.38. The minimum atomic E-state index is 0.0195. The monoisotopic (exact) mass is 643 g/mol. The fourth-order valence-corrected chi connectivity index (χ4v) is 8.55. The summed E-state index contributed by atoms with van der Waals surface area (Å²) in [4.78, 5) is 37.9. The van der Waals surface area contributed by atoms with Crippen molar-refractivity contribution in [2.45, 2.75) is 69.6 Å². The normalized spacial score (nSPS) is 23.8. The Morgan fingerprint density at radius 1 is 0.917 bits per heavy atom. The van der Waals surface area contributed by atoms with Gasteiger partial charge >= 0.3 is 0 Å². The Morgan fingerprint density at radius 3 is 2.52 bits per heavy atom. The van der Waals surface area contributed by atoms with Crippen molar-refractivity contribution in [3.8, 4) is 17.3 Å². The number of anilines is 1. The fourth-order valence-electron chi connectivity index (χ4n) is 8.55. The van der Waals surface area contributed by atoms with Crippen LogP contribution in [0.25, 0.3) is 33.6 Å². The van der Waals surface area contributed by atoms with Gasteiger partial charge in [-0.05, 0) is 86.8 Å². The average Bonchev–Trinajstić information content (AvgIpc) is 4.00.